The smallest absolute Gasteiger partial charge is 0.278 e. The van der Waals surface area contributed by atoms with Crippen LogP contribution in [0.3, 0.4) is 0 Å². The Morgan fingerprint density at radius 3 is 2.67 bits per heavy atom. The molecule has 18 heavy (non-hydrogen) atoms. The van der Waals surface area contributed by atoms with Crippen molar-refractivity contribution in [2.24, 2.45) is 7.05 Å². The number of rotatable bonds is 4. The molecule has 0 aliphatic rings. The SMILES string of the molecule is CCc1ccccc1NS(=O)(=O)c1cnn(C)n1. The Kier molecular flexibility index (Phi) is 3.33. The molecule has 0 spiro atoms. The predicted octanol–water partition coefficient (Wildman–Crippen LogP) is 1.18. The van der Waals surface area contributed by atoms with Crippen LogP contribution in [0, 0.1) is 0 Å². The van der Waals surface area contributed by atoms with E-state index >= 15 is 0 Å². The minimum atomic E-state index is -3.67. The quantitative estimate of drug-likeness (QED) is 0.901. The van der Waals surface area contributed by atoms with Gasteiger partial charge in [0.2, 0.25) is 5.03 Å². The molecule has 0 saturated heterocycles. The normalized spacial score (nSPS) is 11.4. The van der Waals surface area contributed by atoms with Crippen molar-refractivity contribution < 1.29 is 8.42 Å². The van der Waals surface area contributed by atoms with Crippen LogP contribution >= 0.6 is 0 Å². The number of nitrogens with zero attached hydrogens (tertiary/aromatic N) is 3. The maximum atomic E-state index is 12.1. The Labute approximate surface area is 106 Å². The summed E-state index contributed by atoms with van der Waals surface area (Å²) in [5.74, 6) is 0. The van der Waals surface area contributed by atoms with Gasteiger partial charge in [0.25, 0.3) is 10.0 Å². The highest BCUT2D eigenvalue weighted by atomic mass is 32.2. The van der Waals surface area contributed by atoms with Crippen LogP contribution < -0.4 is 4.72 Å². The predicted molar refractivity (Wildman–Crippen MR) is 67.6 cm³/mol. The van der Waals surface area contributed by atoms with Crippen LogP contribution in [0.25, 0.3) is 0 Å². The van der Waals surface area contributed by atoms with Gasteiger partial charge in [-0.15, -0.1) is 5.10 Å². The van der Waals surface area contributed by atoms with Gasteiger partial charge in [0.05, 0.1) is 11.9 Å². The van der Waals surface area contributed by atoms with E-state index in [4.69, 9.17) is 0 Å². The van der Waals surface area contributed by atoms with Crippen molar-refractivity contribution in [1.82, 2.24) is 15.0 Å². The van der Waals surface area contributed by atoms with E-state index in [0.29, 0.717) is 5.69 Å². The van der Waals surface area contributed by atoms with Crippen molar-refractivity contribution >= 4 is 15.7 Å². The van der Waals surface area contributed by atoms with Crippen LogP contribution in [-0.2, 0) is 23.5 Å². The van der Waals surface area contributed by atoms with Gasteiger partial charge in [-0.1, -0.05) is 25.1 Å². The lowest BCUT2D eigenvalue weighted by molar-refractivity contribution is 0.588. The molecule has 0 saturated carbocycles. The van der Waals surface area contributed by atoms with Gasteiger partial charge in [-0.3, -0.25) is 4.72 Å². The molecule has 0 atom stereocenters. The molecule has 0 aliphatic heterocycles. The van der Waals surface area contributed by atoms with Gasteiger partial charge in [-0.25, -0.2) is 0 Å². The van der Waals surface area contributed by atoms with Gasteiger partial charge in [0.15, 0.2) is 0 Å². The average molecular weight is 266 g/mol. The van der Waals surface area contributed by atoms with E-state index < -0.39 is 10.0 Å². The van der Waals surface area contributed by atoms with E-state index in [1.807, 2.05) is 19.1 Å². The van der Waals surface area contributed by atoms with Crippen molar-refractivity contribution in [3.05, 3.63) is 36.0 Å². The molecular formula is C11H14N4O2S. The van der Waals surface area contributed by atoms with Gasteiger partial charge in [0, 0.05) is 7.05 Å². The minimum Gasteiger partial charge on any atom is -0.278 e. The molecular weight excluding hydrogens is 252 g/mol. The summed E-state index contributed by atoms with van der Waals surface area (Å²) in [7, 11) is -2.10. The summed E-state index contributed by atoms with van der Waals surface area (Å²) >= 11 is 0. The minimum absolute atomic E-state index is 0.0871. The lowest BCUT2D eigenvalue weighted by Gasteiger charge is -2.09. The van der Waals surface area contributed by atoms with Gasteiger partial charge >= 0.3 is 0 Å². The fourth-order valence-electron chi connectivity index (χ4n) is 1.58. The first kappa shape index (κ1) is 12.6. The highest BCUT2D eigenvalue weighted by Gasteiger charge is 2.18. The number of nitrogens with one attached hydrogen (secondary N) is 1. The van der Waals surface area contributed by atoms with E-state index in [-0.39, 0.29) is 5.03 Å². The van der Waals surface area contributed by atoms with Gasteiger partial charge in [-0.2, -0.15) is 18.3 Å². The first-order valence-corrected chi connectivity index (χ1v) is 6.98. The lowest BCUT2D eigenvalue weighted by Crippen LogP contribution is -2.15. The topological polar surface area (TPSA) is 76.9 Å². The summed E-state index contributed by atoms with van der Waals surface area (Å²) < 4.78 is 26.6. The van der Waals surface area contributed by atoms with E-state index in [1.54, 1.807) is 19.2 Å². The highest BCUT2D eigenvalue weighted by Crippen LogP contribution is 2.19. The summed E-state index contributed by atoms with van der Waals surface area (Å²) in [4.78, 5) is 1.21. The number of benzene rings is 1. The molecule has 1 N–H and O–H groups in total. The van der Waals surface area contributed by atoms with Crippen LogP contribution in [0.15, 0.2) is 35.5 Å². The number of aryl methyl sites for hydroxylation is 2. The molecule has 96 valence electrons. The van der Waals surface area contributed by atoms with Crippen LogP contribution in [0.5, 0.6) is 0 Å². The first-order chi connectivity index (χ1) is 8.53. The number of hydrogen-bond donors (Lipinski definition) is 1. The third-order valence-electron chi connectivity index (χ3n) is 2.50. The average Bonchev–Trinajstić information content (AvgIpc) is 2.77. The van der Waals surface area contributed by atoms with Gasteiger partial charge < -0.3 is 0 Å². The molecule has 7 heteroatoms. The second-order valence-corrected chi connectivity index (χ2v) is 5.42. The molecule has 0 fully saturated rings. The number of anilines is 1. The second kappa shape index (κ2) is 4.77. The maximum absolute atomic E-state index is 12.1. The molecule has 0 aliphatic carbocycles. The zero-order valence-corrected chi connectivity index (χ0v) is 11.0. The third kappa shape index (κ3) is 2.51. The van der Waals surface area contributed by atoms with E-state index in [1.165, 1.54) is 11.0 Å². The molecule has 1 aromatic carbocycles. The van der Waals surface area contributed by atoms with Gasteiger partial charge in [-0.05, 0) is 18.1 Å². The van der Waals surface area contributed by atoms with Crippen molar-refractivity contribution in [2.75, 3.05) is 4.72 Å². The van der Waals surface area contributed by atoms with E-state index in [9.17, 15) is 8.42 Å². The van der Waals surface area contributed by atoms with Crippen LogP contribution in [-0.4, -0.2) is 23.4 Å². The number of aromatic nitrogens is 3. The Balaban J connectivity index is 2.33. The summed E-state index contributed by atoms with van der Waals surface area (Å²) in [6, 6.07) is 7.27. The largest absolute Gasteiger partial charge is 0.282 e. The summed E-state index contributed by atoms with van der Waals surface area (Å²) in [6.45, 7) is 1.97. The lowest BCUT2D eigenvalue weighted by atomic mass is 10.1. The number of sulfonamides is 1. The number of para-hydroxylation sites is 1. The van der Waals surface area contributed by atoms with Crippen molar-refractivity contribution in [1.29, 1.82) is 0 Å². The molecule has 0 radical (unpaired) electrons. The van der Waals surface area contributed by atoms with Crippen molar-refractivity contribution in [3.8, 4) is 0 Å². The Bertz CT molecular complexity index is 649. The molecule has 2 aromatic rings. The molecule has 6 nitrogen and oxygen atoms in total. The zero-order valence-electron chi connectivity index (χ0n) is 10.2. The van der Waals surface area contributed by atoms with Crippen molar-refractivity contribution in [2.45, 2.75) is 18.4 Å². The Hall–Kier alpha value is -1.89. The van der Waals surface area contributed by atoms with Crippen LogP contribution in [0.1, 0.15) is 12.5 Å². The molecule has 1 aromatic heterocycles. The highest BCUT2D eigenvalue weighted by molar-refractivity contribution is 7.92. The Morgan fingerprint density at radius 1 is 1.33 bits per heavy atom. The maximum Gasteiger partial charge on any atom is 0.282 e. The monoisotopic (exact) mass is 266 g/mol. The van der Waals surface area contributed by atoms with Crippen LogP contribution in [0.4, 0.5) is 5.69 Å². The second-order valence-electron chi connectivity index (χ2n) is 3.79. The fraction of sp³-hybridized carbons (Fsp3) is 0.273. The molecule has 1 heterocycles. The Morgan fingerprint density at radius 2 is 2.06 bits per heavy atom. The van der Waals surface area contributed by atoms with Crippen molar-refractivity contribution in [3.63, 3.8) is 0 Å². The molecule has 0 bridgehead atoms. The van der Waals surface area contributed by atoms with Crippen LogP contribution in [0.2, 0.25) is 0 Å². The van der Waals surface area contributed by atoms with E-state index in [0.717, 1.165) is 12.0 Å². The number of hydrogen-bond acceptors (Lipinski definition) is 4. The van der Waals surface area contributed by atoms with Gasteiger partial charge in [0.1, 0.15) is 0 Å². The zero-order chi connectivity index (χ0) is 13.2. The standard InChI is InChI=1S/C11H14N4O2S/c1-3-9-6-4-5-7-10(9)14-18(16,17)11-8-12-15(2)13-11/h4-8,14H,3H2,1-2H3. The summed E-state index contributed by atoms with van der Waals surface area (Å²) in [5.41, 5.74) is 1.51. The third-order valence-corrected chi connectivity index (χ3v) is 3.72. The summed E-state index contributed by atoms with van der Waals surface area (Å²) in [5, 5.41) is 7.46. The van der Waals surface area contributed by atoms with E-state index in [2.05, 4.69) is 14.9 Å². The first-order valence-electron chi connectivity index (χ1n) is 5.50. The summed E-state index contributed by atoms with van der Waals surface area (Å²) in [6.07, 6.45) is 1.97. The molecule has 0 amide bonds. The molecule has 2 rings (SSSR count). The fourth-order valence-corrected chi connectivity index (χ4v) is 2.58. The molecule has 0 unspecified atom stereocenters.